The van der Waals surface area contributed by atoms with E-state index in [2.05, 4.69) is 5.32 Å². The Bertz CT molecular complexity index is 837. The van der Waals surface area contributed by atoms with E-state index in [0.717, 1.165) is 0 Å². The van der Waals surface area contributed by atoms with Crippen LogP contribution in [0.2, 0.25) is 0 Å². The lowest BCUT2D eigenvalue weighted by molar-refractivity contribution is -0.155. The van der Waals surface area contributed by atoms with Gasteiger partial charge >= 0.3 is 18.3 Å². The van der Waals surface area contributed by atoms with Gasteiger partial charge in [-0.3, -0.25) is 4.79 Å². The second-order valence-electron chi connectivity index (χ2n) is 9.84. The minimum Gasteiger partial charge on any atom is -0.457 e. The Hall–Kier alpha value is -1.81. The van der Waals surface area contributed by atoms with E-state index in [0.29, 0.717) is 37.9 Å². The average molecular weight is 467 g/mol. The lowest BCUT2D eigenvalue weighted by Crippen LogP contribution is -2.58. The number of hydrogen-bond donors (Lipinski definition) is 1. The Morgan fingerprint density at radius 3 is 2.00 bits per heavy atom. The molecule has 1 aromatic rings. The van der Waals surface area contributed by atoms with Crippen molar-refractivity contribution in [1.29, 1.82) is 0 Å². The predicted octanol–water partition coefficient (Wildman–Crippen LogP) is 5.66. The van der Waals surface area contributed by atoms with Crippen LogP contribution in [0.3, 0.4) is 0 Å². The van der Waals surface area contributed by atoms with Crippen LogP contribution in [0.4, 0.5) is 26.3 Å². The number of benzene rings is 1. The SMILES string of the molecule is CC(OCC1(C)CCC2(CN1)CC(C)(C)C(=O)O2)c1cc(C(F)(F)F)cc(C(F)(F)F)c1. The molecule has 2 fully saturated rings. The Morgan fingerprint density at radius 2 is 1.59 bits per heavy atom. The maximum absolute atomic E-state index is 13.1. The number of rotatable bonds is 4. The van der Waals surface area contributed by atoms with Gasteiger partial charge in [0.15, 0.2) is 0 Å². The van der Waals surface area contributed by atoms with Gasteiger partial charge in [-0.15, -0.1) is 0 Å². The zero-order valence-electron chi connectivity index (χ0n) is 18.3. The summed E-state index contributed by atoms with van der Waals surface area (Å²) in [6.45, 7) is 7.41. The number of alkyl halides is 6. The van der Waals surface area contributed by atoms with Gasteiger partial charge in [0, 0.05) is 18.5 Å². The van der Waals surface area contributed by atoms with Crippen molar-refractivity contribution in [2.45, 2.75) is 76.6 Å². The third-order valence-corrected chi connectivity index (χ3v) is 6.33. The van der Waals surface area contributed by atoms with Crippen LogP contribution < -0.4 is 5.32 Å². The van der Waals surface area contributed by atoms with Gasteiger partial charge in [-0.1, -0.05) is 0 Å². The van der Waals surface area contributed by atoms with Gasteiger partial charge in [0.25, 0.3) is 0 Å². The molecule has 0 amide bonds. The van der Waals surface area contributed by atoms with Crippen LogP contribution in [0.25, 0.3) is 0 Å². The van der Waals surface area contributed by atoms with Crippen molar-refractivity contribution in [1.82, 2.24) is 5.32 Å². The molecule has 4 nitrogen and oxygen atoms in total. The zero-order valence-corrected chi connectivity index (χ0v) is 18.3. The molecule has 2 aliphatic heterocycles. The van der Waals surface area contributed by atoms with E-state index in [1.54, 1.807) is 0 Å². The monoisotopic (exact) mass is 467 g/mol. The lowest BCUT2D eigenvalue weighted by atomic mass is 9.76. The Labute approximate surface area is 182 Å². The first-order chi connectivity index (χ1) is 14.4. The molecular weight excluding hydrogens is 440 g/mol. The van der Waals surface area contributed by atoms with Crippen LogP contribution in [0.5, 0.6) is 0 Å². The molecule has 2 aliphatic rings. The van der Waals surface area contributed by atoms with Crippen molar-refractivity contribution in [2.75, 3.05) is 13.2 Å². The molecule has 32 heavy (non-hydrogen) atoms. The van der Waals surface area contributed by atoms with Crippen molar-refractivity contribution in [3.05, 3.63) is 34.9 Å². The first-order valence-corrected chi connectivity index (χ1v) is 10.3. The molecule has 3 atom stereocenters. The van der Waals surface area contributed by atoms with Crippen LogP contribution in [0.15, 0.2) is 18.2 Å². The normalized spacial score (nSPS) is 29.2. The molecule has 180 valence electrons. The van der Waals surface area contributed by atoms with Gasteiger partial charge in [0.05, 0.1) is 29.3 Å². The summed E-state index contributed by atoms with van der Waals surface area (Å²) in [5.41, 5.74) is -4.67. The van der Waals surface area contributed by atoms with Gasteiger partial charge in [-0.05, 0) is 64.3 Å². The van der Waals surface area contributed by atoms with Gasteiger partial charge in [0.1, 0.15) is 5.60 Å². The summed E-state index contributed by atoms with van der Waals surface area (Å²) in [5, 5.41) is 3.30. The van der Waals surface area contributed by atoms with Crippen molar-refractivity contribution >= 4 is 5.97 Å². The van der Waals surface area contributed by atoms with Crippen LogP contribution in [-0.2, 0) is 26.6 Å². The highest BCUT2D eigenvalue weighted by Gasteiger charge is 2.54. The van der Waals surface area contributed by atoms with Gasteiger partial charge < -0.3 is 14.8 Å². The standard InChI is InChI=1S/C22H27F6NO3/c1-13(14-7-15(21(23,24)25)9-16(8-14)22(26,27)28)31-12-19(4)5-6-20(11-29-19)10-18(2,3)17(30)32-20/h7-9,13,29H,5-6,10-12H2,1-4H3. The number of hydrogen-bond acceptors (Lipinski definition) is 4. The smallest absolute Gasteiger partial charge is 0.416 e. The molecule has 0 saturated carbocycles. The van der Waals surface area contributed by atoms with E-state index in [-0.39, 0.29) is 24.2 Å². The van der Waals surface area contributed by atoms with Crippen molar-refractivity contribution in [3.63, 3.8) is 0 Å². The molecule has 0 radical (unpaired) electrons. The fourth-order valence-electron chi connectivity index (χ4n) is 4.28. The molecule has 0 aromatic heterocycles. The van der Waals surface area contributed by atoms with Gasteiger partial charge in [-0.2, -0.15) is 26.3 Å². The third kappa shape index (κ3) is 5.22. The summed E-state index contributed by atoms with van der Waals surface area (Å²) >= 11 is 0. The molecule has 0 bridgehead atoms. The number of ether oxygens (including phenoxy) is 2. The van der Waals surface area contributed by atoms with Crippen LogP contribution in [-0.4, -0.2) is 30.3 Å². The summed E-state index contributed by atoms with van der Waals surface area (Å²) in [7, 11) is 0. The summed E-state index contributed by atoms with van der Waals surface area (Å²) in [5.74, 6) is -0.252. The lowest BCUT2D eigenvalue weighted by Gasteiger charge is -2.43. The summed E-state index contributed by atoms with van der Waals surface area (Å²) in [6, 6.07) is 1.47. The highest BCUT2D eigenvalue weighted by atomic mass is 19.4. The van der Waals surface area contributed by atoms with Crippen LogP contribution in [0, 0.1) is 5.41 Å². The Kier molecular flexibility index (Phi) is 6.13. The number of nitrogens with one attached hydrogen (secondary N) is 1. The predicted molar refractivity (Wildman–Crippen MR) is 104 cm³/mol. The fraction of sp³-hybridized carbons (Fsp3) is 0.682. The van der Waals surface area contributed by atoms with E-state index < -0.39 is 46.1 Å². The number of piperidine rings is 1. The highest BCUT2D eigenvalue weighted by Crippen LogP contribution is 2.45. The third-order valence-electron chi connectivity index (χ3n) is 6.33. The summed E-state index contributed by atoms with van der Waals surface area (Å²) in [6.07, 6.45) is -9.08. The number of esters is 1. The van der Waals surface area contributed by atoms with Gasteiger partial charge in [0.2, 0.25) is 0 Å². The van der Waals surface area contributed by atoms with Crippen molar-refractivity contribution in [2.24, 2.45) is 5.41 Å². The quantitative estimate of drug-likeness (QED) is 0.459. The number of carbonyl (C=O) groups is 1. The Balaban J connectivity index is 1.68. The molecule has 2 saturated heterocycles. The van der Waals surface area contributed by atoms with E-state index in [1.165, 1.54) is 6.92 Å². The van der Waals surface area contributed by atoms with Gasteiger partial charge in [-0.25, -0.2) is 0 Å². The number of carbonyl (C=O) groups excluding carboxylic acids is 1. The van der Waals surface area contributed by atoms with E-state index >= 15 is 0 Å². The molecule has 1 N–H and O–H groups in total. The first kappa shape index (κ1) is 24.8. The summed E-state index contributed by atoms with van der Waals surface area (Å²) in [4.78, 5) is 12.1. The molecule has 0 aliphatic carbocycles. The molecule has 1 spiro atoms. The van der Waals surface area contributed by atoms with E-state index in [4.69, 9.17) is 9.47 Å². The van der Waals surface area contributed by atoms with Crippen molar-refractivity contribution < 1.29 is 40.6 Å². The Morgan fingerprint density at radius 1 is 1.03 bits per heavy atom. The first-order valence-electron chi connectivity index (χ1n) is 10.3. The average Bonchev–Trinajstić information content (AvgIpc) is 2.89. The molecule has 10 heteroatoms. The second-order valence-corrected chi connectivity index (χ2v) is 9.84. The molecule has 1 aromatic carbocycles. The van der Waals surface area contributed by atoms with E-state index in [1.807, 2.05) is 20.8 Å². The summed E-state index contributed by atoms with van der Waals surface area (Å²) < 4.78 is 90.0. The van der Waals surface area contributed by atoms with E-state index in [9.17, 15) is 31.1 Å². The van der Waals surface area contributed by atoms with Crippen LogP contribution >= 0.6 is 0 Å². The minimum atomic E-state index is -4.91. The molecule has 3 rings (SSSR count). The minimum absolute atomic E-state index is 0.0686. The fourth-order valence-corrected chi connectivity index (χ4v) is 4.28. The maximum atomic E-state index is 13.1. The number of halogens is 6. The highest BCUT2D eigenvalue weighted by molar-refractivity contribution is 5.78. The molecule has 2 heterocycles. The second kappa shape index (κ2) is 7.90. The van der Waals surface area contributed by atoms with Crippen molar-refractivity contribution in [3.8, 4) is 0 Å². The largest absolute Gasteiger partial charge is 0.457 e. The molecule has 3 unspecified atom stereocenters. The zero-order chi connectivity index (χ0) is 24.2. The van der Waals surface area contributed by atoms with Crippen LogP contribution in [0.1, 0.15) is 69.8 Å². The molecular formula is C22H27F6NO3. The maximum Gasteiger partial charge on any atom is 0.416 e. The topological polar surface area (TPSA) is 47.6 Å².